The molecule has 2 rings (SSSR count). The first-order valence-electron chi connectivity index (χ1n) is 11.1. The molecule has 0 radical (unpaired) electrons. The van der Waals surface area contributed by atoms with Crippen LogP contribution in [-0.2, 0) is 11.3 Å². The van der Waals surface area contributed by atoms with Gasteiger partial charge in [0.05, 0.1) is 10.9 Å². The zero-order chi connectivity index (χ0) is 20.9. The van der Waals surface area contributed by atoms with Gasteiger partial charge in [0, 0.05) is 19.5 Å². The largest absolute Gasteiger partial charge is 0.356 e. The van der Waals surface area contributed by atoms with Crippen molar-refractivity contribution in [3.8, 4) is 0 Å². The van der Waals surface area contributed by atoms with Crippen molar-refractivity contribution >= 4 is 29.0 Å². The van der Waals surface area contributed by atoms with E-state index in [0.29, 0.717) is 23.1 Å². The van der Waals surface area contributed by atoms with Crippen molar-refractivity contribution in [3.05, 3.63) is 39.4 Å². The van der Waals surface area contributed by atoms with Crippen LogP contribution in [0.15, 0.2) is 29.1 Å². The zero-order valence-corrected chi connectivity index (χ0v) is 18.5. The highest BCUT2D eigenvalue weighted by Crippen LogP contribution is 2.08. The highest BCUT2D eigenvalue weighted by molar-refractivity contribution is 7.71. The van der Waals surface area contributed by atoms with Gasteiger partial charge in [-0.3, -0.25) is 14.2 Å². The van der Waals surface area contributed by atoms with Gasteiger partial charge in [-0.2, -0.15) is 0 Å². The van der Waals surface area contributed by atoms with Crippen molar-refractivity contribution < 1.29 is 4.79 Å². The van der Waals surface area contributed by atoms with Crippen molar-refractivity contribution in [2.45, 2.75) is 84.1 Å². The fourth-order valence-corrected chi connectivity index (χ4v) is 3.82. The lowest BCUT2D eigenvalue weighted by atomic mass is 10.1. The Bertz CT molecular complexity index is 872. The lowest BCUT2D eigenvalue weighted by Crippen LogP contribution is -2.24. The van der Waals surface area contributed by atoms with Crippen LogP contribution in [0.5, 0.6) is 0 Å². The molecule has 0 aliphatic rings. The number of hydrogen-bond donors (Lipinski definition) is 2. The monoisotopic (exact) mass is 417 g/mol. The van der Waals surface area contributed by atoms with Gasteiger partial charge in [0.25, 0.3) is 5.56 Å². The van der Waals surface area contributed by atoms with Crippen LogP contribution in [-0.4, -0.2) is 22.0 Å². The molecule has 0 spiro atoms. The summed E-state index contributed by atoms with van der Waals surface area (Å²) < 4.78 is 2.08. The molecule has 0 aliphatic heterocycles. The summed E-state index contributed by atoms with van der Waals surface area (Å²) >= 11 is 5.33. The first-order chi connectivity index (χ1) is 14.1. The summed E-state index contributed by atoms with van der Waals surface area (Å²) in [6.45, 7) is 3.60. The predicted molar refractivity (Wildman–Crippen MR) is 123 cm³/mol. The Morgan fingerprint density at radius 3 is 2.48 bits per heavy atom. The van der Waals surface area contributed by atoms with Crippen LogP contribution in [0.1, 0.15) is 77.6 Å². The Balaban J connectivity index is 1.59. The molecule has 0 saturated carbocycles. The smallest absolute Gasteiger partial charge is 0.262 e. The number of fused-ring (bicyclic) bond motifs is 1. The standard InChI is InChI=1S/C23H35N3O2S/c1-2-3-4-5-6-7-12-17-24-21(27)16-9-8-13-18-26-22(28)19-14-10-11-15-20(19)25-23(26)29/h10-11,14-15H,2-9,12-13,16-18H2,1H3,(H,24,27)(H,25,29). The molecule has 2 aromatic rings. The van der Waals surface area contributed by atoms with Crippen molar-refractivity contribution in [1.29, 1.82) is 0 Å². The Morgan fingerprint density at radius 1 is 1.00 bits per heavy atom. The first-order valence-corrected chi connectivity index (χ1v) is 11.5. The van der Waals surface area contributed by atoms with Crippen LogP contribution >= 0.6 is 12.2 Å². The lowest BCUT2D eigenvalue weighted by Gasteiger charge is -2.08. The summed E-state index contributed by atoms with van der Waals surface area (Å²) in [6.07, 6.45) is 11.9. The summed E-state index contributed by atoms with van der Waals surface area (Å²) in [7, 11) is 0. The number of nitrogens with one attached hydrogen (secondary N) is 2. The molecule has 0 saturated heterocycles. The topological polar surface area (TPSA) is 66.9 Å². The second-order valence-electron chi connectivity index (χ2n) is 7.71. The number of hydrogen-bond acceptors (Lipinski definition) is 3. The Hall–Kier alpha value is -1.95. The molecule has 29 heavy (non-hydrogen) atoms. The number of benzene rings is 1. The average Bonchev–Trinajstić information content (AvgIpc) is 2.72. The number of carbonyl (C=O) groups excluding carboxylic acids is 1. The number of amides is 1. The van der Waals surface area contributed by atoms with Crippen LogP contribution < -0.4 is 10.9 Å². The first kappa shape index (κ1) is 23.3. The van der Waals surface area contributed by atoms with E-state index in [-0.39, 0.29) is 11.5 Å². The van der Waals surface area contributed by atoms with Crippen LogP contribution in [0.2, 0.25) is 0 Å². The van der Waals surface area contributed by atoms with Crippen molar-refractivity contribution in [2.75, 3.05) is 6.54 Å². The van der Waals surface area contributed by atoms with Crippen LogP contribution in [0.4, 0.5) is 0 Å². The number of nitrogens with zero attached hydrogens (tertiary/aromatic N) is 1. The third-order valence-corrected chi connectivity index (χ3v) is 5.60. The predicted octanol–water partition coefficient (Wildman–Crippen LogP) is 5.49. The second-order valence-corrected chi connectivity index (χ2v) is 8.10. The number of rotatable bonds is 14. The van der Waals surface area contributed by atoms with E-state index in [1.807, 2.05) is 24.3 Å². The fourth-order valence-electron chi connectivity index (χ4n) is 3.53. The third-order valence-electron chi connectivity index (χ3n) is 5.28. The highest BCUT2D eigenvalue weighted by Gasteiger charge is 2.05. The summed E-state index contributed by atoms with van der Waals surface area (Å²) in [5.74, 6) is 0.135. The Kier molecular flexibility index (Phi) is 10.7. The summed E-state index contributed by atoms with van der Waals surface area (Å²) in [4.78, 5) is 27.6. The summed E-state index contributed by atoms with van der Waals surface area (Å²) in [5, 5.41) is 3.67. The number of aromatic amines is 1. The molecule has 0 atom stereocenters. The number of carbonyl (C=O) groups is 1. The molecule has 1 amide bonds. The normalized spacial score (nSPS) is 11.1. The lowest BCUT2D eigenvalue weighted by molar-refractivity contribution is -0.121. The summed E-state index contributed by atoms with van der Waals surface area (Å²) in [5.41, 5.74) is 0.730. The SMILES string of the molecule is CCCCCCCCCNC(=O)CCCCCn1c(=S)[nH]c2ccccc2c1=O. The molecule has 0 unspecified atom stereocenters. The number of unbranched alkanes of at least 4 members (excludes halogenated alkanes) is 8. The average molecular weight is 418 g/mol. The van der Waals surface area contributed by atoms with Crippen LogP contribution in [0.3, 0.4) is 0 Å². The molecule has 1 aromatic heterocycles. The van der Waals surface area contributed by atoms with Gasteiger partial charge < -0.3 is 10.3 Å². The Labute approximate surface area is 178 Å². The van der Waals surface area contributed by atoms with Crippen LogP contribution in [0, 0.1) is 4.77 Å². The second kappa shape index (κ2) is 13.3. The van der Waals surface area contributed by atoms with Gasteiger partial charge in [0.2, 0.25) is 5.91 Å². The number of para-hydroxylation sites is 1. The molecular weight excluding hydrogens is 382 g/mol. The quantitative estimate of drug-likeness (QED) is 0.316. The maximum absolute atomic E-state index is 12.6. The van der Waals surface area contributed by atoms with E-state index < -0.39 is 0 Å². The molecule has 0 fully saturated rings. The van der Waals surface area contributed by atoms with Crippen LogP contribution in [0.25, 0.3) is 10.9 Å². The van der Waals surface area contributed by atoms with Gasteiger partial charge in [-0.05, 0) is 43.6 Å². The van der Waals surface area contributed by atoms with E-state index in [1.165, 1.54) is 38.5 Å². The molecule has 2 N–H and O–H groups in total. The van der Waals surface area contributed by atoms with Gasteiger partial charge >= 0.3 is 0 Å². The summed E-state index contributed by atoms with van der Waals surface area (Å²) in [6, 6.07) is 7.42. The van der Waals surface area contributed by atoms with Gasteiger partial charge in [-0.1, -0.05) is 64.0 Å². The Morgan fingerprint density at radius 2 is 1.69 bits per heavy atom. The van der Waals surface area contributed by atoms with Gasteiger partial charge in [0.1, 0.15) is 0 Å². The zero-order valence-electron chi connectivity index (χ0n) is 17.7. The van der Waals surface area contributed by atoms with Gasteiger partial charge in [0.15, 0.2) is 4.77 Å². The number of H-pyrrole nitrogens is 1. The molecule has 0 bridgehead atoms. The highest BCUT2D eigenvalue weighted by atomic mass is 32.1. The number of aromatic nitrogens is 2. The maximum atomic E-state index is 12.6. The maximum Gasteiger partial charge on any atom is 0.262 e. The molecule has 6 heteroatoms. The minimum atomic E-state index is -0.0446. The third kappa shape index (κ3) is 8.13. The molecule has 1 heterocycles. The minimum absolute atomic E-state index is 0.0446. The van der Waals surface area contributed by atoms with Crippen molar-refractivity contribution in [1.82, 2.24) is 14.9 Å². The molecule has 160 valence electrons. The van der Waals surface area contributed by atoms with Crippen molar-refractivity contribution in [2.24, 2.45) is 0 Å². The molecule has 0 aliphatic carbocycles. The van der Waals surface area contributed by atoms with Gasteiger partial charge in [-0.15, -0.1) is 0 Å². The fraction of sp³-hybridized carbons (Fsp3) is 0.609. The molecular formula is C23H35N3O2S. The van der Waals surface area contributed by atoms with E-state index >= 15 is 0 Å². The van der Waals surface area contributed by atoms with E-state index in [9.17, 15) is 9.59 Å². The van der Waals surface area contributed by atoms with E-state index in [4.69, 9.17) is 12.2 Å². The van der Waals surface area contributed by atoms with Crippen molar-refractivity contribution in [3.63, 3.8) is 0 Å². The molecule has 1 aromatic carbocycles. The van der Waals surface area contributed by atoms with E-state index in [0.717, 1.165) is 37.7 Å². The minimum Gasteiger partial charge on any atom is -0.356 e. The van der Waals surface area contributed by atoms with Gasteiger partial charge in [-0.25, -0.2) is 0 Å². The van der Waals surface area contributed by atoms with E-state index in [1.54, 1.807) is 4.57 Å². The van der Waals surface area contributed by atoms with E-state index in [2.05, 4.69) is 17.2 Å². The molecule has 5 nitrogen and oxygen atoms in total.